The molecule has 2 N–H and O–H groups in total. The van der Waals surface area contributed by atoms with Crippen molar-refractivity contribution in [3.05, 3.63) is 59.7 Å². The Bertz CT molecular complexity index is 928. The Morgan fingerprint density at radius 1 is 1.19 bits per heavy atom. The Hall–Kier alpha value is -2.98. The van der Waals surface area contributed by atoms with Gasteiger partial charge in [0.1, 0.15) is 5.75 Å². The number of hydrogen-bond acceptors (Lipinski definition) is 6. The molecule has 0 atom stereocenters. The van der Waals surface area contributed by atoms with Gasteiger partial charge in [-0.2, -0.15) is 5.26 Å². The second kappa shape index (κ2) is 7.93. The van der Waals surface area contributed by atoms with E-state index in [1.807, 2.05) is 50.2 Å². The van der Waals surface area contributed by atoms with E-state index >= 15 is 0 Å². The molecule has 0 amide bonds. The predicted molar refractivity (Wildman–Crippen MR) is 102 cm³/mol. The fourth-order valence-corrected chi connectivity index (χ4v) is 3.19. The zero-order chi connectivity index (χ0) is 18.5. The molecule has 0 aliphatic heterocycles. The fourth-order valence-electron chi connectivity index (χ4n) is 2.38. The molecule has 132 valence electrons. The monoisotopic (exact) mass is 365 g/mol. The van der Waals surface area contributed by atoms with Crippen molar-refractivity contribution in [1.29, 1.82) is 5.26 Å². The van der Waals surface area contributed by atoms with Crippen LogP contribution in [-0.2, 0) is 5.75 Å². The number of nitriles is 1. The third kappa shape index (κ3) is 4.16. The van der Waals surface area contributed by atoms with Crippen molar-refractivity contribution >= 4 is 11.8 Å². The van der Waals surface area contributed by atoms with Gasteiger partial charge in [0.15, 0.2) is 5.82 Å². The molecule has 1 heterocycles. The van der Waals surface area contributed by atoms with Crippen LogP contribution in [0.1, 0.15) is 25.0 Å². The Morgan fingerprint density at radius 2 is 1.96 bits per heavy atom. The molecule has 0 fully saturated rings. The predicted octanol–water partition coefficient (Wildman–Crippen LogP) is 3.61. The molecule has 0 spiro atoms. The van der Waals surface area contributed by atoms with Gasteiger partial charge in [-0.25, -0.2) is 4.68 Å². The molecule has 0 saturated carbocycles. The van der Waals surface area contributed by atoms with Gasteiger partial charge in [0.25, 0.3) is 0 Å². The second-order valence-electron chi connectivity index (χ2n) is 5.97. The number of thioether (sulfide) groups is 1. The topological polar surface area (TPSA) is 89.8 Å². The summed E-state index contributed by atoms with van der Waals surface area (Å²) >= 11 is 1.49. The van der Waals surface area contributed by atoms with Crippen LogP contribution in [0, 0.1) is 11.3 Å². The van der Waals surface area contributed by atoms with E-state index in [9.17, 15) is 0 Å². The maximum Gasteiger partial charge on any atom is 0.210 e. The summed E-state index contributed by atoms with van der Waals surface area (Å²) < 4.78 is 7.21. The number of hydrogen-bond donors (Lipinski definition) is 1. The lowest BCUT2D eigenvalue weighted by molar-refractivity contribution is 0.242. The van der Waals surface area contributed by atoms with Gasteiger partial charge in [0.2, 0.25) is 5.16 Å². The smallest absolute Gasteiger partial charge is 0.210 e. The Balaban J connectivity index is 1.74. The van der Waals surface area contributed by atoms with E-state index in [0.717, 1.165) is 16.9 Å². The average molecular weight is 365 g/mol. The molecule has 26 heavy (non-hydrogen) atoms. The quantitative estimate of drug-likeness (QED) is 0.530. The van der Waals surface area contributed by atoms with Crippen molar-refractivity contribution in [2.45, 2.75) is 30.9 Å². The number of nitrogen functional groups attached to an aromatic ring is 1. The van der Waals surface area contributed by atoms with Crippen LogP contribution in [0.25, 0.3) is 11.4 Å². The van der Waals surface area contributed by atoms with Crippen LogP contribution in [-0.4, -0.2) is 21.0 Å². The van der Waals surface area contributed by atoms with E-state index in [2.05, 4.69) is 16.3 Å². The van der Waals surface area contributed by atoms with Crippen LogP contribution in [0.3, 0.4) is 0 Å². The largest absolute Gasteiger partial charge is 0.491 e. The van der Waals surface area contributed by atoms with Crippen molar-refractivity contribution in [3.63, 3.8) is 0 Å². The molecule has 7 heteroatoms. The molecule has 0 saturated heterocycles. The van der Waals surface area contributed by atoms with E-state index in [0.29, 0.717) is 22.3 Å². The Morgan fingerprint density at radius 3 is 2.65 bits per heavy atom. The van der Waals surface area contributed by atoms with Crippen LogP contribution in [0.5, 0.6) is 5.75 Å². The number of benzene rings is 2. The summed E-state index contributed by atoms with van der Waals surface area (Å²) in [5.74, 6) is 8.23. The molecule has 0 unspecified atom stereocenters. The molecule has 3 aromatic rings. The molecule has 6 nitrogen and oxygen atoms in total. The third-order valence-corrected chi connectivity index (χ3v) is 4.59. The second-order valence-corrected chi connectivity index (χ2v) is 6.91. The molecule has 0 aliphatic carbocycles. The van der Waals surface area contributed by atoms with Crippen molar-refractivity contribution in [3.8, 4) is 23.2 Å². The highest BCUT2D eigenvalue weighted by molar-refractivity contribution is 7.98. The normalized spacial score (nSPS) is 10.7. The van der Waals surface area contributed by atoms with E-state index in [1.165, 1.54) is 16.4 Å². The van der Waals surface area contributed by atoms with Gasteiger partial charge in [-0.15, -0.1) is 10.2 Å². The lowest BCUT2D eigenvalue weighted by atomic mass is 10.2. The molecule has 0 aliphatic rings. The zero-order valence-corrected chi connectivity index (χ0v) is 15.4. The number of rotatable bonds is 6. The first-order chi connectivity index (χ1) is 12.6. The number of ether oxygens (including phenoxy) is 1. The van der Waals surface area contributed by atoms with E-state index < -0.39 is 0 Å². The van der Waals surface area contributed by atoms with Crippen LogP contribution in [0.15, 0.2) is 53.7 Å². The molecule has 2 aromatic carbocycles. The van der Waals surface area contributed by atoms with Gasteiger partial charge in [0, 0.05) is 11.3 Å². The van der Waals surface area contributed by atoms with Crippen molar-refractivity contribution in [2.75, 3.05) is 5.84 Å². The molecule has 1 aromatic heterocycles. The third-order valence-electron chi connectivity index (χ3n) is 3.58. The Kier molecular flexibility index (Phi) is 5.44. The maximum atomic E-state index is 8.85. The molecule has 0 radical (unpaired) electrons. The molecule has 3 rings (SSSR count). The first-order valence-corrected chi connectivity index (χ1v) is 9.15. The zero-order valence-electron chi connectivity index (χ0n) is 14.6. The highest BCUT2D eigenvalue weighted by atomic mass is 32.2. The van der Waals surface area contributed by atoms with E-state index in [1.54, 1.807) is 12.1 Å². The van der Waals surface area contributed by atoms with Gasteiger partial charge in [-0.3, -0.25) is 0 Å². The van der Waals surface area contributed by atoms with Crippen LogP contribution < -0.4 is 10.6 Å². The van der Waals surface area contributed by atoms with Gasteiger partial charge >= 0.3 is 0 Å². The summed E-state index contributed by atoms with van der Waals surface area (Å²) in [6.45, 7) is 3.96. The fraction of sp³-hybridized carbons (Fsp3) is 0.211. The minimum absolute atomic E-state index is 0.0968. The van der Waals surface area contributed by atoms with Crippen molar-refractivity contribution < 1.29 is 4.74 Å². The lowest BCUT2D eigenvalue weighted by Crippen LogP contribution is -2.11. The molecular formula is C19H19N5OS. The first kappa shape index (κ1) is 17.8. The lowest BCUT2D eigenvalue weighted by Gasteiger charge is -2.10. The average Bonchev–Trinajstić information content (AvgIpc) is 3.01. The SMILES string of the molecule is CC(C)Oc1cccc(-c2nnc(SCc3ccc(C#N)cc3)n2N)c1. The minimum atomic E-state index is 0.0968. The maximum absolute atomic E-state index is 8.85. The van der Waals surface area contributed by atoms with Crippen molar-refractivity contribution in [1.82, 2.24) is 14.9 Å². The summed E-state index contributed by atoms with van der Waals surface area (Å²) in [5, 5.41) is 17.9. The summed E-state index contributed by atoms with van der Waals surface area (Å²) in [6, 6.07) is 17.2. The highest BCUT2D eigenvalue weighted by Gasteiger charge is 2.13. The first-order valence-electron chi connectivity index (χ1n) is 8.16. The summed E-state index contributed by atoms with van der Waals surface area (Å²) in [5.41, 5.74) is 2.58. The van der Waals surface area contributed by atoms with Crippen LogP contribution in [0.2, 0.25) is 0 Å². The summed E-state index contributed by atoms with van der Waals surface area (Å²) in [4.78, 5) is 0. The van der Waals surface area contributed by atoms with E-state index in [-0.39, 0.29) is 6.10 Å². The van der Waals surface area contributed by atoms with E-state index in [4.69, 9.17) is 15.8 Å². The van der Waals surface area contributed by atoms with Gasteiger partial charge in [-0.1, -0.05) is 36.0 Å². The summed E-state index contributed by atoms with van der Waals surface area (Å²) in [7, 11) is 0. The van der Waals surface area contributed by atoms with Crippen LogP contribution >= 0.6 is 11.8 Å². The minimum Gasteiger partial charge on any atom is -0.491 e. The number of nitrogens with two attached hydrogens (primary N) is 1. The van der Waals surface area contributed by atoms with Crippen LogP contribution in [0.4, 0.5) is 0 Å². The Labute approximate surface area is 156 Å². The van der Waals surface area contributed by atoms with Gasteiger partial charge in [0.05, 0.1) is 17.7 Å². The molecular weight excluding hydrogens is 346 g/mol. The van der Waals surface area contributed by atoms with Gasteiger partial charge < -0.3 is 10.6 Å². The van der Waals surface area contributed by atoms with Crippen molar-refractivity contribution in [2.24, 2.45) is 0 Å². The number of aromatic nitrogens is 3. The standard InChI is InChI=1S/C19H19N5OS/c1-13(2)25-17-5-3-4-16(10-17)18-22-23-19(24(18)21)26-12-15-8-6-14(11-20)7-9-15/h3-10,13H,12,21H2,1-2H3. The number of nitrogens with zero attached hydrogens (tertiary/aromatic N) is 4. The molecule has 0 bridgehead atoms. The van der Waals surface area contributed by atoms with Gasteiger partial charge in [-0.05, 0) is 43.7 Å². The summed E-state index contributed by atoms with van der Waals surface area (Å²) in [6.07, 6.45) is 0.0968. The highest BCUT2D eigenvalue weighted by Crippen LogP contribution is 2.26.